The van der Waals surface area contributed by atoms with Crippen LogP contribution in [0.25, 0.3) is 0 Å². The first-order valence-electron chi connectivity index (χ1n) is 9.02. The molecule has 0 fully saturated rings. The second-order valence-corrected chi connectivity index (χ2v) is 6.34. The summed E-state index contributed by atoms with van der Waals surface area (Å²) in [5, 5.41) is 17.4. The fourth-order valence-corrected chi connectivity index (χ4v) is 2.25. The molecule has 1 heterocycles. The molecule has 0 atom stereocenters. The van der Waals surface area contributed by atoms with Gasteiger partial charge in [0.2, 0.25) is 0 Å². The number of benzene rings is 1. The molecule has 1 aromatic carbocycles. The van der Waals surface area contributed by atoms with E-state index in [2.05, 4.69) is 4.89 Å². The van der Waals surface area contributed by atoms with Gasteiger partial charge in [-0.15, -0.1) is 0 Å². The van der Waals surface area contributed by atoms with Crippen molar-refractivity contribution in [2.24, 2.45) is 0 Å². The molecule has 1 aromatic heterocycles. The summed E-state index contributed by atoms with van der Waals surface area (Å²) < 4.78 is 53.4. The van der Waals surface area contributed by atoms with Gasteiger partial charge >= 0.3 is 18.1 Å². The molecule has 0 radical (unpaired) electrons. The molecule has 0 aliphatic carbocycles. The number of nitrogens with zero attached hydrogens (tertiary/aromatic N) is 1. The van der Waals surface area contributed by atoms with Crippen LogP contribution in [0.1, 0.15) is 24.0 Å². The third-order valence-corrected chi connectivity index (χ3v) is 3.80. The predicted molar refractivity (Wildman–Crippen MR) is 96.0 cm³/mol. The van der Waals surface area contributed by atoms with E-state index in [0.717, 1.165) is 24.1 Å². The lowest BCUT2D eigenvalue weighted by Crippen LogP contribution is -2.33. The van der Waals surface area contributed by atoms with Gasteiger partial charge in [-0.2, -0.15) is 13.2 Å². The number of aromatic nitrogens is 1. The molecule has 0 amide bonds. The highest BCUT2D eigenvalue weighted by Gasteiger charge is 2.39. The van der Waals surface area contributed by atoms with E-state index in [1.54, 1.807) is 6.07 Å². The minimum atomic E-state index is -5.16. The maximum atomic E-state index is 13.6. The first kappa shape index (κ1) is 25.8. The van der Waals surface area contributed by atoms with Crippen LogP contribution in [0.4, 0.5) is 17.6 Å². The van der Waals surface area contributed by atoms with Crippen LogP contribution in [0.5, 0.6) is 5.75 Å². The average molecular weight is 447 g/mol. The van der Waals surface area contributed by atoms with Crippen molar-refractivity contribution in [1.82, 2.24) is 0 Å². The number of carboxylic acids is 1. The normalized spacial score (nSPS) is 10.6. The number of rotatable bonds is 8. The van der Waals surface area contributed by atoms with E-state index in [1.807, 2.05) is 42.1 Å². The van der Waals surface area contributed by atoms with E-state index in [9.17, 15) is 27.2 Å². The zero-order valence-electron chi connectivity index (χ0n) is 16.5. The number of alkyl halides is 3. The van der Waals surface area contributed by atoms with Crippen molar-refractivity contribution in [2.45, 2.75) is 38.9 Å². The maximum Gasteiger partial charge on any atom is 0.490 e. The highest BCUT2D eigenvalue weighted by Crippen LogP contribution is 2.18. The van der Waals surface area contributed by atoms with Gasteiger partial charge in [-0.25, -0.2) is 13.8 Å². The zero-order valence-corrected chi connectivity index (χ0v) is 16.5. The number of hydrogen-bond acceptors (Lipinski definition) is 5. The van der Waals surface area contributed by atoms with Crippen molar-refractivity contribution in [3.63, 3.8) is 0 Å². The van der Waals surface area contributed by atoms with Crippen LogP contribution in [0.15, 0.2) is 42.7 Å². The molecular formula is C20H21F4NO6. The van der Waals surface area contributed by atoms with Crippen LogP contribution >= 0.6 is 0 Å². The molecule has 0 spiro atoms. The largest absolute Gasteiger partial charge is 0.661 e. The molecular weight excluding hydrogens is 426 g/mol. The number of carbonyl (C=O) groups is 2. The third-order valence-electron chi connectivity index (χ3n) is 3.80. The molecule has 0 aliphatic rings. The molecule has 11 heteroatoms. The third kappa shape index (κ3) is 10.4. The molecule has 170 valence electrons. The lowest BCUT2D eigenvalue weighted by atomic mass is 10.1. The second kappa shape index (κ2) is 12.5. The first-order chi connectivity index (χ1) is 14.5. The van der Waals surface area contributed by atoms with E-state index in [-0.39, 0.29) is 18.0 Å². The molecule has 0 saturated carbocycles. The first-order valence-corrected chi connectivity index (χ1v) is 9.02. The highest BCUT2D eigenvalue weighted by molar-refractivity contribution is 5.74. The van der Waals surface area contributed by atoms with E-state index in [1.165, 1.54) is 6.07 Å². The molecule has 7 nitrogen and oxygen atoms in total. The molecule has 0 unspecified atom stereocenters. The Kier molecular flexibility index (Phi) is 10.4. The number of pyridine rings is 1. The average Bonchev–Trinajstić information content (AvgIpc) is 2.71. The highest BCUT2D eigenvalue weighted by atomic mass is 19.4. The van der Waals surface area contributed by atoms with Crippen molar-refractivity contribution in [3.8, 4) is 5.75 Å². The van der Waals surface area contributed by atoms with Crippen LogP contribution in [0.3, 0.4) is 0 Å². The lowest BCUT2D eigenvalue weighted by molar-refractivity contribution is -0.697. The Labute approximate surface area is 175 Å². The van der Waals surface area contributed by atoms with Gasteiger partial charge in [-0.3, -0.25) is 4.79 Å². The van der Waals surface area contributed by atoms with Gasteiger partial charge in [-0.05, 0) is 36.6 Å². The van der Waals surface area contributed by atoms with Crippen LogP contribution < -0.4 is 14.6 Å². The van der Waals surface area contributed by atoms with Crippen molar-refractivity contribution in [1.29, 1.82) is 0 Å². The molecule has 1 N–H and O–H groups in total. The van der Waals surface area contributed by atoms with Crippen LogP contribution in [0.2, 0.25) is 0 Å². The summed E-state index contributed by atoms with van der Waals surface area (Å²) in [5.74, 6) is -3.57. The van der Waals surface area contributed by atoms with Crippen molar-refractivity contribution in [3.05, 3.63) is 59.7 Å². The van der Waals surface area contributed by atoms with Gasteiger partial charge in [0.15, 0.2) is 30.5 Å². The van der Waals surface area contributed by atoms with E-state index in [4.69, 9.17) is 15.1 Å². The molecule has 0 bridgehead atoms. The van der Waals surface area contributed by atoms with E-state index >= 15 is 0 Å². The van der Waals surface area contributed by atoms with E-state index < -0.39 is 18.1 Å². The van der Waals surface area contributed by atoms with Gasteiger partial charge in [-0.1, -0.05) is 6.07 Å². The predicted octanol–water partition coefficient (Wildman–Crippen LogP) is 2.28. The van der Waals surface area contributed by atoms with Crippen molar-refractivity contribution < 1.29 is 51.7 Å². The fourth-order valence-electron chi connectivity index (χ4n) is 2.25. The van der Waals surface area contributed by atoms with E-state index in [0.29, 0.717) is 13.0 Å². The Hall–Kier alpha value is -3.21. The second-order valence-electron chi connectivity index (χ2n) is 6.34. The maximum absolute atomic E-state index is 13.6. The van der Waals surface area contributed by atoms with Crippen LogP contribution in [-0.2, 0) is 27.4 Å². The minimum absolute atomic E-state index is 0.139. The molecule has 0 aliphatic heterocycles. The number of halogens is 4. The monoisotopic (exact) mass is 447 g/mol. The van der Waals surface area contributed by atoms with Gasteiger partial charge in [0, 0.05) is 25.0 Å². The van der Waals surface area contributed by atoms with Crippen LogP contribution in [-0.4, -0.2) is 29.8 Å². The van der Waals surface area contributed by atoms with Gasteiger partial charge in [0.1, 0.15) is 0 Å². The lowest BCUT2D eigenvalue weighted by Gasteiger charge is -2.07. The summed E-state index contributed by atoms with van der Waals surface area (Å²) in [6.45, 7) is 3.03. The van der Waals surface area contributed by atoms with Crippen LogP contribution in [0, 0.1) is 12.7 Å². The Morgan fingerprint density at radius 2 is 1.81 bits per heavy atom. The smallest absolute Gasteiger partial charge is 0.490 e. The Balaban J connectivity index is 0.000000512. The standard InChI is InChI=1S/C18H20FNO3.C2HF3O3/c1-14-3-5-17(16(19)13-14)23-12-2-9-20-10-7-15(8-11-20)4-6-18(21)22;3-2(4,5)1(6)8-7/h3,5,7-8,10-11,13H,2,4,6,9,12H2,1H3;7H. The topological polar surface area (TPSA) is 99.8 Å². The number of carboxylic acid groups (broad SMARTS) is 1. The van der Waals surface area contributed by atoms with Gasteiger partial charge in [0.05, 0.1) is 6.61 Å². The van der Waals surface area contributed by atoms with Gasteiger partial charge < -0.3 is 20.0 Å². The van der Waals surface area contributed by atoms with Crippen molar-refractivity contribution >= 4 is 11.9 Å². The summed E-state index contributed by atoms with van der Waals surface area (Å²) in [4.78, 5) is 21.8. The minimum Gasteiger partial charge on any atom is -0.661 e. The summed E-state index contributed by atoms with van der Waals surface area (Å²) in [5.41, 5.74) is 1.87. The van der Waals surface area contributed by atoms with Gasteiger partial charge in [0.25, 0.3) is 0 Å². The van der Waals surface area contributed by atoms with Crippen molar-refractivity contribution in [2.75, 3.05) is 6.61 Å². The number of carbonyl (C=O) groups excluding carboxylic acids is 1. The summed E-state index contributed by atoms with van der Waals surface area (Å²) in [6, 6.07) is 8.77. The Morgan fingerprint density at radius 1 is 1.16 bits per heavy atom. The quantitative estimate of drug-likeness (QED) is 0.219. The molecule has 2 aromatic rings. The fraction of sp³-hybridized carbons (Fsp3) is 0.350. The summed E-state index contributed by atoms with van der Waals surface area (Å²) >= 11 is 0. The number of ether oxygens (including phenoxy) is 1. The summed E-state index contributed by atoms with van der Waals surface area (Å²) in [7, 11) is 0. The Bertz CT molecular complexity index is 856. The number of aliphatic carboxylic acids is 1. The number of aryl methyl sites for hydroxylation is 3. The SMILES string of the molecule is Cc1ccc(OCCC[n+]2ccc(CCC(=O)O)cc2)c(F)c1.O=C(O[O-])C(F)(F)F. The number of hydrogen-bond donors (Lipinski definition) is 1. The molecule has 31 heavy (non-hydrogen) atoms. The Morgan fingerprint density at radius 3 is 2.29 bits per heavy atom. The zero-order chi connectivity index (χ0) is 23.4. The molecule has 0 saturated heterocycles. The molecule has 2 rings (SSSR count). The summed E-state index contributed by atoms with van der Waals surface area (Å²) in [6.07, 6.45) is 0.105.